The minimum Gasteiger partial charge on any atom is -0.336 e. The van der Waals surface area contributed by atoms with Gasteiger partial charge in [-0.3, -0.25) is 4.90 Å². The van der Waals surface area contributed by atoms with Crippen molar-refractivity contribution in [2.24, 2.45) is 0 Å². The summed E-state index contributed by atoms with van der Waals surface area (Å²) in [6.45, 7) is 2.56. The molecule has 6 nitrogen and oxygen atoms in total. The van der Waals surface area contributed by atoms with Crippen molar-refractivity contribution in [2.45, 2.75) is 19.8 Å². The molecule has 0 fully saturated rings. The number of hydrogen-bond acceptors (Lipinski definition) is 5. The van der Waals surface area contributed by atoms with Gasteiger partial charge in [-0.25, -0.2) is 9.78 Å². The van der Waals surface area contributed by atoms with Crippen molar-refractivity contribution in [3.8, 4) is 6.07 Å². The fraction of sp³-hybridized carbons (Fsp3) is 0.222. The van der Waals surface area contributed by atoms with E-state index >= 15 is 0 Å². The van der Waals surface area contributed by atoms with Crippen LogP contribution in [-0.2, 0) is 6.42 Å². The molecule has 3 aromatic rings. The number of urea groups is 1. The minimum absolute atomic E-state index is 0.245. The Balaban J connectivity index is 1.82. The zero-order valence-corrected chi connectivity index (χ0v) is 15.8. The van der Waals surface area contributed by atoms with E-state index in [1.54, 1.807) is 17.0 Å². The first kappa shape index (κ1) is 18.0. The maximum absolute atomic E-state index is 12.8. The molecule has 2 aromatic heterocycles. The molecule has 26 heavy (non-hydrogen) atoms. The van der Waals surface area contributed by atoms with Crippen LogP contribution in [0.3, 0.4) is 0 Å². The van der Waals surface area contributed by atoms with Crippen molar-refractivity contribution >= 4 is 51.4 Å². The second-order valence-electron chi connectivity index (χ2n) is 5.65. The van der Waals surface area contributed by atoms with E-state index in [1.165, 1.54) is 11.3 Å². The van der Waals surface area contributed by atoms with E-state index in [2.05, 4.69) is 21.4 Å². The largest absolute Gasteiger partial charge is 0.336 e. The zero-order chi connectivity index (χ0) is 18.5. The fourth-order valence-corrected chi connectivity index (χ4v) is 3.56. The third-order valence-electron chi connectivity index (χ3n) is 3.73. The number of aromatic amines is 1. The Hall–Kier alpha value is -2.76. The van der Waals surface area contributed by atoms with Crippen molar-refractivity contribution in [1.29, 1.82) is 5.26 Å². The third-order valence-corrected chi connectivity index (χ3v) is 4.87. The Kier molecular flexibility index (Phi) is 5.61. The number of hydrogen-bond donors (Lipinski definition) is 2. The van der Waals surface area contributed by atoms with Crippen LogP contribution >= 0.6 is 23.6 Å². The van der Waals surface area contributed by atoms with Crippen LogP contribution < -0.4 is 10.2 Å². The van der Waals surface area contributed by atoms with Crippen molar-refractivity contribution in [3.05, 3.63) is 45.9 Å². The SMILES string of the molecule is CCCN(C(=O)Nc1ccc(CC#N)cc1)c1ccc2[nH]c(=S)sc2n1. The van der Waals surface area contributed by atoms with Gasteiger partial charge in [0.2, 0.25) is 0 Å². The van der Waals surface area contributed by atoms with Crippen LogP contribution in [0.25, 0.3) is 10.3 Å². The highest BCUT2D eigenvalue weighted by Crippen LogP contribution is 2.22. The number of aromatic nitrogens is 2. The van der Waals surface area contributed by atoms with Crippen molar-refractivity contribution in [1.82, 2.24) is 9.97 Å². The van der Waals surface area contributed by atoms with Crippen LogP contribution in [0.1, 0.15) is 18.9 Å². The molecule has 8 heteroatoms. The number of nitrogens with one attached hydrogen (secondary N) is 2. The zero-order valence-electron chi connectivity index (χ0n) is 14.2. The second kappa shape index (κ2) is 8.08. The number of thiazole rings is 1. The highest BCUT2D eigenvalue weighted by molar-refractivity contribution is 7.73. The lowest BCUT2D eigenvalue weighted by Crippen LogP contribution is -2.36. The number of pyridine rings is 1. The van der Waals surface area contributed by atoms with Gasteiger partial charge >= 0.3 is 6.03 Å². The number of fused-ring (bicyclic) bond motifs is 1. The summed E-state index contributed by atoms with van der Waals surface area (Å²) >= 11 is 6.54. The van der Waals surface area contributed by atoms with Crippen LogP contribution in [0.15, 0.2) is 36.4 Å². The van der Waals surface area contributed by atoms with Crippen molar-refractivity contribution in [3.63, 3.8) is 0 Å². The van der Waals surface area contributed by atoms with Gasteiger partial charge in [0.25, 0.3) is 0 Å². The lowest BCUT2D eigenvalue weighted by molar-refractivity contribution is 0.256. The third kappa shape index (κ3) is 4.07. The summed E-state index contributed by atoms with van der Waals surface area (Å²) in [4.78, 5) is 22.8. The highest BCUT2D eigenvalue weighted by Gasteiger charge is 2.17. The Morgan fingerprint density at radius 1 is 1.35 bits per heavy atom. The average molecular weight is 384 g/mol. The molecule has 2 amide bonds. The molecule has 0 atom stereocenters. The maximum atomic E-state index is 12.8. The molecular weight excluding hydrogens is 366 g/mol. The van der Waals surface area contributed by atoms with E-state index in [4.69, 9.17) is 17.5 Å². The van der Waals surface area contributed by atoms with E-state index in [1.807, 2.05) is 31.2 Å². The van der Waals surface area contributed by atoms with E-state index in [0.29, 0.717) is 28.4 Å². The number of carbonyl (C=O) groups is 1. The molecule has 0 aliphatic carbocycles. The molecule has 0 unspecified atom stereocenters. The topological polar surface area (TPSA) is 84.8 Å². The van der Waals surface area contributed by atoms with Gasteiger partial charge in [0, 0.05) is 12.2 Å². The predicted octanol–water partition coefficient (Wildman–Crippen LogP) is 4.87. The molecule has 3 rings (SSSR count). The van der Waals surface area contributed by atoms with Crippen LogP contribution in [0, 0.1) is 15.3 Å². The first-order valence-electron chi connectivity index (χ1n) is 8.15. The van der Waals surface area contributed by atoms with Crippen LogP contribution in [0.4, 0.5) is 16.3 Å². The number of rotatable bonds is 5. The second-order valence-corrected chi connectivity index (χ2v) is 7.32. The summed E-state index contributed by atoms with van der Waals surface area (Å²) in [5.74, 6) is 0.586. The van der Waals surface area contributed by atoms with Gasteiger partial charge in [0.15, 0.2) is 3.95 Å². The molecule has 0 aliphatic heterocycles. The van der Waals surface area contributed by atoms with E-state index < -0.39 is 0 Å². The lowest BCUT2D eigenvalue weighted by atomic mass is 10.1. The number of benzene rings is 1. The van der Waals surface area contributed by atoms with Gasteiger partial charge in [-0.1, -0.05) is 30.4 Å². The number of carbonyl (C=O) groups excluding carboxylic acids is 1. The van der Waals surface area contributed by atoms with Crippen molar-refractivity contribution < 1.29 is 4.79 Å². The number of anilines is 2. The maximum Gasteiger partial charge on any atom is 0.327 e. The molecule has 2 N–H and O–H groups in total. The van der Waals surface area contributed by atoms with E-state index in [9.17, 15) is 4.79 Å². The molecule has 0 aliphatic rings. The smallest absolute Gasteiger partial charge is 0.327 e. The molecule has 0 saturated carbocycles. The molecule has 0 bridgehead atoms. The minimum atomic E-state index is -0.245. The molecular formula is C18H17N5OS2. The predicted molar refractivity (Wildman–Crippen MR) is 107 cm³/mol. The Morgan fingerprint density at radius 3 is 2.81 bits per heavy atom. The van der Waals surface area contributed by atoms with Gasteiger partial charge in [0.1, 0.15) is 10.6 Å². The van der Waals surface area contributed by atoms with E-state index in [0.717, 1.165) is 22.3 Å². The van der Waals surface area contributed by atoms with Gasteiger partial charge in [-0.15, -0.1) is 0 Å². The Bertz CT molecular complexity index is 1020. The molecule has 132 valence electrons. The highest BCUT2D eigenvalue weighted by atomic mass is 32.1. The summed E-state index contributed by atoms with van der Waals surface area (Å²) in [6, 6.07) is 12.8. The summed E-state index contributed by atoms with van der Waals surface area (Å²) in [5.41, 5.74) is 2.46. The van der Waals surface area contributed by atoms with Crippen molar-refractivity contribution in [2.75, 3.05) is 16.8 Å². The Labute approximate surface area is 160 Å². The lowest BCUT2D eigenvalue weighted by Gasteiger charge is -2.21. The summed E-state index contributed by atoms with van der Waals surface area (Å²) < 4.78 is 0.661. The van der Waals surface area contributed by atoms with Crippen LogP contribution in [0.2, 0.25) is 0 Å². The normalized spacial score (nSPS) is 10.5. The molecule has 0 radical (unpaired) electrons. The standard InChI is InChI=1S/C18H17N5OS2/c1-2-11-23(15-8-7-14-16(22-15)26-18(25)21-14)17(24)20-13-5-3-12(4-6-13)9-10-19/h3-8H,2,9,11H2,1H3,(H,20,24)(H,21,25). The fourth-order valence-electron chi connectivity index (χ4n) is 2.51. The summed E-state index contributed by atoms with van der Waals surface area (Å²) in [7, 11) is 0. The van der Waals surface area contributed by atoms with Crippen LogP contribution in [0.5, 0.6) is 0 Å². The average Bonchev–Trinajstić information content (AvgIpc) is 3.00. The Morgan fingerprint density at radius 2 is 2.12 bits per heavy atom. The van der Waals surface area contributed by atoms with Gasteiger partial charge in [-0.2, -0.15) is 5.26 Å². The van der Waals surface area contributed by atoms with Gasteiger partial charge < -0.3 is 10.3 Å². The molecule has 0 saturated heterocycles. The number of nitriles is 1. The number of H-pyrrole nitrogens is 1. The van der Waals surface area contributed by atoms with Gasteiger partial charge in [0.05, 0.1) is 18.0 Å². The summed E-state index contributed by atoms with van der Waals surface area (Å²) in [5, 5.41) is 11.6. The van der Waals surface area contributed by atoms with E-state index in [-0.39, 0.29) is 6.03 Å². The van der Waals surface area contributed by atoms with Gasteiger partial charge in [-0.05, 0) is 48.5 Å². The molecule has 2 heterocycles. The quantitative estimate of drug-likeness (QED) is 0.616. The molecule has 0 spiro atoms. The molecule has 1 aromatic carbocycles. The monoisotopic (exact) mass is 383 g/mol. The van der Waals surface area contributed by atoms with Crippen LogP contribution in [-0.4, -0.2) is 22.5 Å². The number of nitrogens with zero attached hydrogens (tertiary/aromatic N) is 3. The number of amides is 2. The first-order chi connectivity index (χ1) is 12.6. The first-order valence-corrected chi connectivity index (χ1v) is 9.37. The summed E-state index contributed by atoms with van der Waals surface area (Å²) in [6.07, 6.45) is 1.15.